The lowest BCUT2D eigenvalue weighted by Crippen LogP contribution is -2.50. The van der Waals surface area contributed by atoms with Crippen LogP contribution >= 0.6 is 0 Å². The molecule has 2 aliphatic heterocycles. The summed E-state index contributed by atoms with van der Waals surface area (Å²) in [4.78, 5) is 25.5. The zero-order valence-corrected chi connectivity index (χ0v) is 10.7. The molecule has 1 aromatic rings. The average Bonchev–Trinajstić information content (AvgIpc) is 2.46. The van der Waals surface area contributed by atoms with Crippen LogP contribution in [-0.4, -0.2) is 42.9 Å². The van der Waals surface area contributed by atoms with Crippen LogP contribution in [0.4, 0.5) is 5.69 Å². The molecule has 0 aliphatic carbocycles. The SMILES string of the molecule is O=C1CN(C(=O)c2cccc3c2NCCC3)CCN1. The van der Waals surface area contributed by atoms with Crippen molar-refractivity contribution in [1.82, 2.24) is 10.2 Å². The zero-order chi connectivity index (χ0) is 13.2. The van der Waals surface area contributed by atoms with E-state index in [0.29, 0.717) is 18.7 Å². The van der Waals surface area contributed by atoms with Crippen molar-refractivity contribution in [1.29, 1.82) is 0 Å². The summed E-state index contributed by atoms with van der Waals surface area (Å²) in [5.74, 6) is -0.140. The predicted octanol–water partition coefficient (Wildman–Crippen LogP) is 0.617. The van der Waals surface area contributed by atoms with E-state index in [4.69, 9.17) is 0 Å². The van der Waals surface area contributed by atoms with Gasteiger partial charge in [0.25, 0.3) is 5.91 Å². The maximum atomic E-state index is 12.5. The lowest BCUT2D eigenvalue weighted by molar-refractivity contribution is -0.123. The number of nitrogens with one attached hydrogen (secondary N) is 2. The highest BCUT2D eigenvalue weighted by Crippen LogP contribution is 2.27. The number of amides is 2. The summed E-state index contributed by atoms with van der Waals surface area (Å²) in [6.07, 6.45) is 2.10. The fourth-order valence-electron chi connectivity index (χ4n) is 2.67. The number of carbonyl (C=O) groups is 2. The van der Waals surface area contributed by atoms with Crippen molar-refractivity contribution in [2.75, 3.05) is 31.5 Å². The lowest BCUT2D eigenvalue weighted by atomic mass is 9.98. The summed E-state index contributed by atoms with van der Waals surface area (Å²) in [6, 6.07) is 5.82. The van der Waals surface area contributed by atoms with E-state index in [1.807, 2.05) is 12.1 Å². The summed E-state index contributed by atoms with van der Waals surface area (Å²) in [5.41, 5.74) is 2.83. The average molecular weight is 259 g/mol. The van der Waals surface area contributed by atoms with Gasteiger partial charge in [0.1, 0.15) is 0 Å². The number of hydrogen-bond acceptors (Lipinski definition) is 3. The first-order chi connectivity index (χ1) is 9.25. The molecular weight excluding hydrogens is 242 g/mol. The summed E-state index contributed by atoms with van der Waals surface area (Å²) in [6.45, 7) is 2.17. The number of carbonyl (C=O) groups excluding carboxylic acids is 2. The van der Waals surface area contributed by atoms with Gasteiger partial charge in [-0.2, -0.15) is 0 Å². The molecule has 3 rings (SSSR count). The van der Waals surface area contributed by atoms with E-state index >= 15 is 0 Å². The molecule has 1 saturated heterocycles. The van der Waals surface area contributed by atoms with Gasteiger partial charge in [0, 0.05) is 19.6 Å². The number of hydrogen-bond donors (Lipinski definition) is 2. The molecule has 0 bridgehead atoms. The van der Waals surface area contributed by atoms with Crippen molar-refractivity contribution in [2.24, 2.45) is 0 Å². The highest BCUT2D eigenvalue weighted by atomic mass is 16.2. The van der Waals surface area contributed by atoms with Crippen molar-refractivity contribution in [3.63, 3.8) is 0 Å². The summed E-state index contributed by atoms with van der Waals surface area (Å²) in [7, 11) is 0. The van der Waals surface area contributed by atoms with Crippen LogP contribution in [0.5, 0.6) is 0 Å². The molecule has 0 aromatic heterocycles. The van der Waals surface area contributed by atoms with Crippen molar-refractivity contribution in [2.45, 2.75) is 12.8 Å². The Hall–Kier alpha value is -2.04. The van der Waals surface area contributed by atoms with E-state index in [1.165, 1.54) is 5.56 Å². The third-order valence-corrected chi connectivity index (χ3v) is 3.63. The van der Waals surface area contributed by atoms with Crippen LogP contribution in [0.3, 0.4) is 0 Å². The first-order valence-electron chi connectivity index (χ1n) is 6.67. The Morgan fingerprint density at radius 1 is 1.21 bits per heavy atom. The van der Waals surface area contributed by atoms with Gasteiger partial charge in [-0.1, -0.05) is 12.1 Å². The minimum absolute atomic E-state index is 0.0545. The summed E-state index contributed by atoms with van der Waals surface area (Å²) < 4.78 is 0. The highest BCUT2D eigenvalue weighted by Gasteiger charge is 2.25. The maximum Gasteiger partial charge on any atom is 0.256 e. The van der Waals surface area contributed by atoms with E-state index in [9.17, 15) is 9.59 Å². The number of para-hydroxylation sites is 1. The fourth-order valence-corrected chi connectivity index (χ4v) is 2.67. The Labute approximate surface area is 112 Å². The largest absolute Gasteiger partial charge is 0.384 e. The molecule has 0 radical (unpaired) electrons. The monoisotopic (exact) mass is 259 g/mol. The van der Waals surface area contributed by atoms with E-state index in [0.717, 1.165) is 25.1 Å². The Morgan fingerprint density at radius 2 is 2.11 bits per heavy atom. The molecule has 2 N–H and O–H groups in total. The molecule has 100 valence electrons. The van der Waals surface area contributed by atoms with Crippen LogP contribution in [0.1, 0.15) is 22.3 Å². The number of fused-ring (bicyclic) bond motifs is 1. The van der Waals surface area contributed by atoms with E-state index in [-0.39, 0.29) is 18.4 Å². The molecule has 0 unspecified atom stereocenters. The van der Waals surface area contributed by atoms with Gasteiger partial charge in [0.2, 0.25) is 5.91 Å². The Bertz CT molecular complexity index is 527. The normalized spacial score (nSPS) is 18.3. The number of anilines is 1. The topological polar surface area (TPSA) is 61.4 Å². The molecule has 2 amide bonds. The molecule has 2 heterocycles. The second-order valence-electron chi connectivity index (χ2n) is 4.95. The number of benzene rings is 1. The van der Waals surface area contributed by atoms with Crippen LogP contribution in [0.2, 0.25) is 0 Å². The highest BCUT2D eigenvalue weighted by molar-refractivity contribution is 6.02. The van der Waals surface area contributed by atoms with Crippen LogP contribution in [0.25, 0.3) is 0 Å². The Balaban J connectivity index is 1.89. The number of aryl methyl sites for hydroxylation is 1. The van der Waals surface area contributed by atoms with Crippen molar-refractivity contribution < 1.29 is 9.59 Å². The third kappa shape index (κ3) is 2.28. The van der Waals surface area contributed by atoms with E-state index in [1.54, 1.807) is 4.90 Å². The van der Waals surface area contributed by atoms with Crippen molar-refractivity contribution in [3.05, 3.63) is 29.3 Å². The Morgan fingerprint density at radius 3 is 2.95 bits per heavy atom. The standard InChI is InChI=1S/C14H17N3O2/c18-12-9-17(8-7-15-12)14(19)11-5-1-3-10-4-2-6-16-13(10)11/h1,3,5,16H,2,4,6-9H2,(H,15,18). The minimum Gasteiger partial charge on any atom is -0.384 e. The van der Waals surface area contributed by atoms with Gasteiger partial charge >= 0.3 is 0 Å². The number of rotatable bonds is 1. The van der Waals surface area contributed by atoms with Gasteiger partial charge < -0.3 is 15.5 Å². The quantitative estimate of drug-likeness (QED) is 0.777. The molecule has 0 spiro atoms. The fraction of sp³-hybridized carbons (Fsp3) is 0.429. The van der Waals surface area contributed by atoms with Gasteiger partial charge in [0.05, 0.1) is 17.8 Å². The van der Waals surface area contributed by atoms with Gasteiger partial charge in [-0.3, -0.25) is 9.59 Å². The predicted molar refractivity (Wildman–Crippen MR) is 72.2 cm³/mol. The van der Waals surface area contributed by atoms with Gasteiger partial charge in [-0.15, -0.1) is 0 Å². The first kappa shape index (κ1) is 12.0. The molecule has 1 fully saturated rings. The molecular formula is C14H17N3O2. The third-order valence-electron chi connectivity index (χ3n) is 3.63. The van der Waals surface area contributed by atoms with Crippen LogP contribution < -0.4 is 10.6 Å². The minimum atomic E-state index is -0.0858. The maximum absolute atomic E-state index is 12.5. The lowest BCUT2D eigenvalue weighted by Gasteiger charge is -2.28. The van der Waals surface area contributed by atoms with Crippen LogP contribution in [0, 0.1) is 0 Å². The van der Waals surface area contributed by atoms with Crippen molar-refractivity contribution in [3.8, 4) is 0 Å². The zero-order valence-electron chi connectivity index (χ0n) is 10.7. The molecule has 19 heavy (non-hydrogen) atoms. The number of nitrogens with zero attached hydrogens (tertiary/aromatic N) is 1. The van der Waals surface area contributed by atoms with Gasteiger partial charge in [0.15, 0.2) is 0 Å². The molecule has 2 aliphatic rings. The van der Waals surface area contributed by atoms with Gasteiger partial charge in [-0.05, 0) is 24.5 Å². The Kier molecular flexibility index (Phi) is 3.11. The molecule has 0 saturated carbocycles. The smallest absolute Gasteiger partial charge is 0.256 e. The molecule has 5 nitrogen and oxygen atoms in total. The summed E-state index contributed by atoms with van der Waals surface area (Å²) in [5, 5.41) is 6.05. The number of piperazine rings is 1. The summed E-state index contributed by atoms with van der Waals surface area (Å²) >= 11 is 0. The van der Waals surface area contributed by atoms with Crippen LogP contribution in [-0.2, 0) is 11.2 Å². The second kappa shape index (κ2) is 4.91. The molecule has 1 aromatic carbocycles. The van der Waals surface area contributed by atoms with Crippen molar-refractivity contribution >= 4 is 17.5 Å². The second-order valence-corrected chi connectivity index (χ2v) is 4.95. The van der Waals surface area contributed by atoms with E-state index < -0.39 is 0 Å². The van der Waals surface area contributed by atoms with Crippen LogP contribution in [0.15, 0.2) is 18.2 Å². The molecule has 5 heteroatoms. The molecule has 0 atom stereocenters. The first-order valence-corrected chi connectivity index (χ1v) is 6.67. The van der Waals surface area contributed by atoms with E-state index in [2.05, 4.69) is 16.7 Å². The van der Waals surface area contributed by atoms with Gasteiger partial charge in [-0.25, -0.2) is 0 Å².